The standard InChI is InChI=1S/C26H27N3O3/c1-31-23-9-6-20(14-24(23)32-22-7-8-22)26(12-10-21(30)11-13-26)19-4-2-17(3-5-19)18-15-28-25(27)29-16-18/h2-6,9,14-16,22H,7-8,10-13H2,1H3,(H2,27,28,29). The van der Waals surface area contributed by atoms with Crippen molar-refractivity contribution >= 4 is 11.7 Å². The summed E-state index contributed by atoms with van der Waals surface area (Å²) < 4.78 is 11.7. The molecular formula is C26H27N3O3. The Balaban J connectivity index is 1.53. The largest absolute Gasteiger partial charge is 0.493 e. The summed E-state index contributed by atoms with van der Waals surface area (Å²) in [6.45, 7) is 0. The summed E-state index contributed by atoms with van der Waals surface area (Å²) in [6, 6.07) is 14.7. The predicted octanol–water partition coefficient (Wildman–Crippen LogP) is 4.70. The fraction of sp³-hybridized carbons (Fsp3) is 0.346. The van der Waals surface area contributed by atoms with Crippen LogP contribution in [0.2, 0.25) is 0 Å². The molecule has 2 fully saturated rings. The van der Waals surface area contributed by atoms with Crippen molar-refractivity contribution < 1.29 is 14.3 Å². The van der Waals surface area contributed by atoms with E-state index in [1.165, 1.54) is 11.1 Å². The first-order valence-corrected chi connectivity index (χ1v) is 11.1. The SMILES string of the molecule is COc1ccc(C2(c3ccc(-c4cnc(N)nc4)cc3)CCC(=O)CC2)cc1OC1CC1. The molecule has 2 aliphatic carbocycles. The Morgan fingerprint density at radius 1 is 0.906 bits per heavy atom. The van der Waals surface area contributed by atoms with Crippen LogP contribution in [0.4, 0.5) is 5.95 Å². The van der Waals surface area contributed by atoms with Crippen LogP contribution in [0.25, 0.3) is 11.1 Å². The number of hydrogen-bond acceptors (Lipinski definition) is 6. The number of hydrogen-bond donors (Lipinski definition) is 1. The molecule has 0 aliphatic heterocycles. The smallest absolute Gasteiger partial charge is 0.219 e. The highest BCUT2D eigenvalue weighted by molar-refractivity contribution is 5.80. The van der Waals surface area contributed by atoms with Crippen molar-refractivity contribution in [3.05, 3.63) is 66.0 Å². The molecule has 164 valence electrons. The number of nitrogens with two attached hydrogens (primary N) is 1. The van der Waals surface area contributed by atoms with Gasteiger partial charge in [0.2, 0.25) is 5.95 Å². The Labute approximate surface area is 187 Å². The lowest BCUT2D eigenvalue weighted by Gasteiger charge is -2.38. The van der Waals surface area contributed by atoms with E-state index in [1.54, 1.807) is 19.5 Å². The highest BCUT2D eigenvalue weighted by Crippen LogP contribution is 2.47. The van der Waals surface area contributed by atoms with Gasteiger partial charge in [-0.25, -0.2) is 9.97 Å². The van der Waals surface area contributed by atoms with Crippen molar-refractivity contribution in [1.29, 1.82) is 0 Å². The lowest BCUT2D eigenvalue weighted by Crippen LogP contribution is -2.33. The van der Waals surface area contributed by atoms with Crippen LogP contribution >= 0.6 is 0 Å². The maximum Gasteiger partial charge on any atom is 0.219 e. The summed E-state index contributed by atoms with van der Waals surface area (Å²) in [7, 11) is 1.67. The molecule has 1 heterocycles. The first-order chi connectivity index (χ1) is 15.6. The zero-order valence-corrected chi connectivity index (χ0v) is 18.2. The Morgan fingerprint density at radius 2 is 1.56 bits per heavy atom. The zero-order valence-electron chi connectivity index (χ0n) is 18.2. The number of Topliss-reactive ketones (excluding diaryl/α,β-unsaturated/α-hetero) is 1. The van der Waals surface area contributed by atoms with Crippen molar-refractivity contribution in [3.63, 3.8) is 0 Å². The molecule has 6 nitrogen and oxygen atoms in total. The fourth-order valence-electron chi connectivity index (χ4n) is 4.60. The van der Waals surface area contributed by atoms with E-state index in [4.69, 9.17) is 15.2 Å². The van der Waals surface area contributed by atoms with E-state index < -0.39 is 0 Å². The molecule has 0 bridgehead atoms. The number of anilines is 1. The van der Waals surface area contributed by atoms with E-state index in [0.29, 0.717) is 18.6 Å². The quantitative estimate of drug-likeness (QED) is 0.611. The zero-order chi connectivity index (χ0) is 22.1. The van der Waals surface area contributed by atoms with Crippen LogP contribution in [0.3, 0.4) is 0 Å². The highest BCUT2D eigenvalue weighted by Gasteiger charge is 2.39. The molecule has 0 amide bonds. The van der Waals surface area contributed by atoms with Gasteiger partial charge in [-0.2, -0.15) is 0 Å². The molecule has 0 atom stereocenters. The molecule has 2 aliphatic rings. The van der Waals surface area contributed by atoms with Crippen LogP contribution in [0.5, 0.6) is 11.5 Å². The summed E-state index contributed by atoms with van der Waals surface area (Å²) in [4.78, 5) is 20.3. The molecule has 2 saturated carbocycles. The maximum atomic E-state index is 12.1. The molecule has 1 aromatic heterocycles. The topological polar surface area (TPSA) is 87.3 Å². The summed E-state index contributed by atoms with van der Waals surface area (Å²) in [5.74, 6) is 2.14. The van der Waals surface area contributed by atoms with E-state index in [0.717, 1.165) is 48.3 Å². The number of ketones is 1. The van der Waals surface area contributed by atoms with Gasteiger partial charge in [-0.05, 0) is 54.5 Å². The van der Waals surface area contributed by atoms with Gasteiger partial charge in [0.05, 0.1) is 13.2 Å². The Kier molecular flexibility index (Phi) is 5.29. The third-order valence-electron chi connectivity index (χ3n) is 6.64. The second kappa shape index (κ2) is 8.26. The average Bonchev–Trinajstić information content (AvgIpc) is 3.65. The lowest BCUT2D eigenvalue weighted by molar-refractivity contribution is -0.121. The number of carbonyl (C=O) groups is 1. The summed E-state index contributed by atoms with van der Waals surface area (Å²) in [5, 5.41) is 0. The third-order valence-corrected chi connectivity index (χ3v) is 6.64. The molecular weight excluding hydrogens is 402 g/mol. The Bertz CT molecular complexity index is 1110. The van der Waals surface area contributed by atoms with Gasteiger partial charge in [-0.3, -0.25) is 4.79 Å². The van der Waals surface area contributed by atoms with Crippen LogP contribution in [-0.2, 0) is 10.2 Å². The molecule has 0 radical (unpaired) electrons. The van der Waals surface area contributed by atoms with Crippen LogP contribution in [0, 0.1) is 0 Å². The molecule has 0 spiro atoms. The second-order valence-electron chi connectivity index (χ2n) is 8.71. The number of ether oxygens (including phenoxy) is 2. The van der Waals surface area contributed by atoms with Gasteiger partial charge in [0.15, 0.2) is 11.5 Å². The number of carbonyl (C=O) groups excluding carboxylic acids is 1. The summed E-state index contributed by atoms with van der Waals surface area (Å²) in [5.41, 5.74) is 9.70. The average molecular weight is 430 g/mol. The number of benzene rings is 2. The summed E-state index contributed by atoms with van der Waals surface area (Å²) in [6.07, 6.45) is 8.65. The molecule has 5 rings (SSSR count). The minimum atomic E-state index is -0.238. The van der Waals surface area contributed by atoms with Gasteiger partial charge in [-0.1, -0.05) is 30.3 Å². The fourth-order valence-corrected chi connectivity index (χ4v) is 4.60. The minimum absolute atomic E-state index is 0.238. The number of rotatable bonds is 6. The molecule has 0 saturated heterocycles. The van der Waals surface area contributed by atoms with E-state index in [9.17, 15) is 4.79 Å². The van der Waals surface area contributed by atoms with Gasteiger partial charge < -0.3 is 15.2 Å². The van der Waals surface area contributed by atoms with Crippen molar-refractivity contribution in [1.82, 2.24) is 9.97 Å². The van der Waals surface area contributed by atoms with Crippen molar-refractivity contribution in [3.8, 4) is 22.6 Å². The molecule has 2 aromatic carbocycles. The van der Waals surface area contributed by atoms with Crippen LogP contribution in [0.1, 0.15) is 49.7 Å². The second-order valence-corrected chi connectivity index (χ2v) is 8.71. The van der Waals surface area contributed by atoms with E-state index in [2.05, 4.69) is 46.4 Å². The van der Waals surface area contributed by atoms with Gasteiger partial charge in [0, 0.05) is 36.2 Å². The number of nitrogen functional groups attached to an aromatic ring is 1. The molecule has 3 aromatic rings. The van der Waals surface area contributed by atoms with Crippen molar-refractivity contribution in [2.75, 3.05) is 12.8 Å². The van der Waals surface area contributed by atoms with Gasteiger partial charge in [0.1, 0.15) is 5.78 Å². The molecule has 6 heteroatoms. The normalized spacial score (nSPS) is 17.7. The van der Waals surface area contributed by atoms with Gasteiger partial charge in [-0.15, -0.1) is 0 Å². The van der Waals surface area contributed by atoms with E-state index in [-0.39, 0.29) is 17.5 Å². The molecule has 32 heavy (non-hydrogen) atoms. The maximum absolute atomic E-state index is 12.1. The summed E-state index contributed by atoms with van der Waals surface area (Å²) >= 11 is 0. The number of nitrogens with zero attached hydrogens (tertiary/aromatic N) is 2. The number of aromatic nitrogens is 2. The predicted molar refractivity (Wildman–Crippen MR) is 123 cm³/mol. The van der Waals surface area contributed by atoms with Crippen molar-refractivity contribution in [2.45, 2.75) is 50.0 Å². The first-order valence-electron chi connectivity index (χ1n) is 11.1. The minimum Gasteiger partial charge on any atom is -0.493 e. The van der Waals surface area contributed by atoms with E-state index in [1.807, 2.05) is 6.07 Å². The van der Waals surface area contributed by atoms with Gasteiger partial charge >= 0.3 is 0 Å². The monoisotopic (exact) mass is 429 g/mol. The molecule has 2 N–H and O–H groups in total. The number of methoxy groups -OCH3 is 1. The van der Waals surface area contributed by atoms with Crippen molar-refractivity contribution in [2.24, 2.45) is 0 Å². The third kappa shape index (κ3) is 3.93. The Morgan fingerprint density at radius 3 is 2.19 bits per heavy atom. The van der Waals surface area contributed by atoms with Crippen LogP contribution in [0.15, 0.2) is 54.9 Å². The highest BCUT2D eigenvalue weighted by atomic mass is 16.5. The lowest BCUT2D eigenvalue weighted by atomic mass is 9.65. The van der Waals surface area contributed by atoms with Crippen LogP contribution < -0.4 is 15.2 Å². The van der Waals surface area contributed by atoms with E-state index >= 15 is 0 Å². The van der Waals surface area contributed by atoms with Gasteiger partial charge in [0.25, 0.3) is 0 Å². The molecule has 0 unspecified atom stereocenters. The first kappa shape index (κ1) is 20.5. The Hall–Kier alpha value is -3.41. The van der Waals surface area contributed by atoms with Crippen LogP contribution in [-0.4, -0.2) is 29.0 Å².